The van der Waals surface area contributed by atoms with Crippen molar-refractivity contribution in [3.63, 3.8) is 0 Å². The summed E-state index contributed by atoms with van der Waals surface area (Å²) in [7, 11) is -2.16. The fourth-order valence-corrected chi connectivity index (χ4v) is 3.97. The lowest BCUT2D eigenvalue weighted by Gasteiger charge is -2.25. The molecule has 0 bridgehead atoms. The van der Waals surface area contributed by atoms with Crippen molar-refractivity contribution in [2.75, 3.05) is 25.1 Å². The van der Waals surface area contributed by atoms with Gasteiger partial charge in [-0.2, -0.15) is 0 Å². The zero-order valence-corrected chi connectivity index (χ0v) is 16.0. The molecule has 0 aromatic heterocycles. The number of carbonyl (C=O) groups excluding carboxylic acids is 1. The number of nitrogens with zero attached hydrogens (tertiary/aromatic N) is 2. The molecular formula is C17H17FN2O7S. The van der Waals surface area contributed by atoms with Gasteiger partial charge in [-0.15, -0.1) is 0 Å². The number of halogens is 1. The van der Waals surface area contributed by atoms with E-state index in [0.717, 1.165) is 25.3 Å². The minimum Gasteiger partial charge on any atom is -0.494 e. The van der Waals surface area contributed by atoms with Gasteiger partial charge in [0.15, 0.2) is 11.6 Å². The minimum absolute atomic E-state index is 0.0222. The standard InChI is InChI=1S/C17H17FN2O7S/c1-11-14(5-4-6-15(11)20(22)23)19(10-17(21)27-3)28(24,25)12-7-8-16(26-2)13(18)9-12/h4-9H,10H2,1-3H3. The van der Waals surface area contributed by atoms with Crippen LogP contribution in [0.25, 0.3) is 0 Å². The molecule has 150 valence electrons. The zero-order chi connectivity index (χ0) is 21.1. The Morgan fingerprint density at radius 1 is 1.25 bits per heavy atom. The Balaban J connectivity index is 2.67. The highest BCUT2D eigenvalue weighted by atomic mass is 32.2. The van der Waals surface area contributed by atoms with Gasteiger partial charge in [0.05, 0.1) is 35.3 Å². The number of sulfonamides is 1. The molecule has 0 saturated carbocycles. The van der Waals surface area contributed by atoms with E-state index in [-0.39, 0.29) is 22.7 Å². The first-order chi connectivity index (χ1) is 13.1. The topological polar surface area (TPSA) is 116 Å². The van der Waals surface area contributed by atoms with Gasteiger partial charge in [-0.05, 0) is 31.2 Å². The average molecular weight is 412 g/mol. The molecule has 0 amide bonds. The molecule has 2 aromatic rings. The Labute approximate surface area is 160 Å². The Bertz CT molecular complexity index is 1020. The van der Waals surface area contributed by atoms with Crippen LogP contribution in [0.4, 0.5) is 15.8 Å². The van der Waals surface area contributed by atoms with Crippen LogP contribution in [0.15, 0.2) is 41.3 Å². The van der Waals surface area contributed by atoms with Crippen molar-refractivity contribution in [2.45, 2.75) is 11.8 Å². The van der Waals surface area contributed by atoms with Gasteiger partial charge >= 0.3 is 5.97 Å². The summed E-state index contributed by atoms with van der Waals surface area (Å²) >= 11 is 0. The van der Waals surface area contributed by atoms with Gasteiger partial charge < -0.3 is 9.47 Å². The lowest BCUT2D eigenvalue weighted by Crippen LogP contribution is -2.37. The molecule has 0 heterocycles. The second-order valence-corrected chi connectivity index (χ2v) is 7.42. The fraction of sp³-hybridized carbons (Fsp3) is 0.235. The summed E-state index contributed by atoms with van der Waals surface area (Å²) in [6, 6.07) is 6.77. The first kappa shape index (κ1) is 21.1. The van der Waals surface area contributed by atoms with E-state index >= 15 is 0 Å². The number of hydrogen-bond donors (Lipinski definition) is 0. The highest BCUT2D eigenvalue weighted by Gasteiger charge is 2.31. The van der Waals surface area contributed by atoms with E-state index in [9.17, 15) is 27.7 Å². The maximum Gasteiger partial charge on any atom is 0.326 e. The van der Waals surface area contributed by atoms with Crippen molar-refractivity contribution in [3.05, 3.63) is 57.9 Å². The quantitative estimate of drug-likeness (QED) is 0.389. The summed E-state index contributed by atoms with van der Waals surface area (Å²) in [5.74, 6) is -1.98. The first-order valence-electron chi connectivity index (χ1n) is 7.80. The molecule has 0 aliphatic carbocycles. The average Bonchev–Trinajstić information content (AvgIpc) is 2.65. The largest absolute Gasteiger partial charge is 0.494 e. The number of methoxy groups -OCH3 is 2. The Kier molecular flexibility index (Phi) is 6.19. The predicted octanol–water partition coefficient (Wildman–Crippen LogP) is 2.42. The third-order valence-corrected chi connectivity index (χ3v) is 5.71. The molecule has 0 spiro atoms. The number of hydrogen-bond acceptors (Lipinski definition) is 7. The van der Waals surface area contributed by atoms with Crippen LogP contribution in [0.3, 0.4) is 0 Å². The number of nitro groups is 1. The molecule has 0 N–H and O–H groups in total. The summed E-state index contributed by atoms with van der Waals surface area (Å²) in [4.78, 5) is 21.9. The van der Waals surface area contributed by atoms with Crippen LogP contribution in [0.1, 0.15) is 5.56 Å². The van der Waals surface area contributed by atoms with Gasteiger partial charge in [0, 0.05) is 6.07 Å². The third-order valence-electron chi connectivity index (χ3n) is 3.95. The molecule has 11 heteroatoms. The lowest BCUT2D eigenvalue weighted by molar-refractivity contribution is -0.385. The van der Waals surface area contributed by atoms with E-state index in [1.807, 2.05) is 0 Å². The van der Waals surface area contributed by atoms with Gasteiger partial charge in [0.1, 0.15) is 6.54 Å². The molecule has 0 atom stereocenters. The van der Waals surface area contributed by atoms with E-state index in [2.05, 4.69) is 4.74 Å². The Morgan fingerprint density at radius 2 is 1.93 bits per heavy atom. The van der Waals surface area contributed by atoms with Crippen molar-refractivity contribution in [2.24, 2.45) is 0 Å². The third kappa shape index (κ3) is 4.03. The van der Waals surface area contributed by atoms with Crippen molar-refractivity contribution in [1.29, 1.82) is 0 Å². The SMILES string of the molecule is COC(=O)CN(c1cccc([N+](=O)[O-])c1C)S(=O)(=O)c1ccc(OC)c(F)c1. The van der Waals surface area contributed by atoms with Crippen molar-refractivity contribution < 1.29 is 32.0 Å². The highest BCUT2D eigenvalue weighted by molar-refractivity contribution is 7.92. The summed E-state index contributed by atoms with van der Waals surface area (Å²) in [6.07, 6.45) is 0. The number of rotatable bonds is 7. The van der Waals surface area contributed by atoms with Gasteiger partial charge in [-0.3, -0.25) is 19.2 Å². The maximum atomic E-state index is 14.0. The molecule has 0 aliphatic heterocycles. The normalized spacial score (nSPS) is 11.0. The molecule has 9 nitrogen and oxygen atoms in total. The molecule has 28 heavy (non-hydrogen) atoms. The molecule has 0 radical (unpaired) electrons. The van der Waals surface area contributed by atoms with E-state index < -0.39 is 38.2 Å². The van der Waals surface area contributed by atoms with Crippen molar-refractivity contribution in [3.8, 4) is 5.75 Å². The number of benzene rings is 2. The Morgan fingerprint density at radius 3 is 2.46 bits per heavy atom. The number of esters is 1. The number of carbonyl (C=O) groups is 1. The van der Waals surface area contributed by atoms with Crippen LogP contribution < -0.4 is 9.04 Å². The molecule has 0 aliphatic rings. The number of ether oxygens (including phenoxy) is 2. The van der Waals surface area contributed by atoms with Crippen molar-refractivity contribution >= 4 is 27.4 Å². The van der Waals surface area contributed by atoms with Crippen LogP contribution in [0.5, 0.6) is 5.75 Å². The van der Waals surface area contributed by atoms with Gasteiger partial charge in [0.25, 0.3) is 15.7 Å². The van der Waals surface area contributed by atoms with Gasteiger partial charge in [-0.25, -0.2) is 12.8 Å². The van der Waals surface area contributed by atoms with E-state index in [1.165, 1.54) is 32.2 Å². The van der Waals surface area contributed by atoms with Gasteiger partial charge in [0.2, 0.25) is 0 Å². The first-order valence-corrected chi connectivity index (χ1v) is 9.24. The summed E-state index contributed by atoms with van der Waals surface area (Å²) in [6.45, 7) is 0.594. The molecule has 0 saturated heterocycles. The van der Waals surface area contributed by atoms with E-state index in [4.69, 9.17) is 4.74 Å². The summed E-state index contributed by atoms with van der Waals surface area (Å²) < 4.78 is 50.2. The molecule has 0 fully saturated rings. The van der Waals surface area contributed by atoms with Crippen LogP contribution >= 0.6 is 0 Å². The number of anilines is 1. The minimum atomic E-state index is -4.46. The fourth-order valence-electron chi connectivity index (χ4n) is 2.50. The van der Waals surface area contributed by atoms with Crippen LogP contribution in [-0.2, 0) is 19.6 Å². The molecular weight excluding hydrogens is 395 g/mol. The molecule has 2 rings (SSSR count). The predicted molar refractivity (Wildman–Crippen MR) is 97.3 cm³/mol. The second-order valence-electron chi connectivity index (χ2n) is 5.56. The second kappa shape index (κ2) is 8.21. The van der Waals surface area contributed by atoms with Crippen LogP contribution in [0.2, 0.25) is 0 Å². The van der Waals surface area contributed by atoms with E-state index in [0.29, 0.717) is 4.31 Å². The maximum absolute atomic E-state index is 14.0. The lowest BCUT2D eigenvalue weighted by atomic mass is 10.1. The monoisotopic (exact) mass is 412 g/mol. The van der Waals surface area contributed by atoms with Crippen molar-refractivity contribution in [1.82, 2.24) is 0 Å². The summed E-state index contributed by atoms with van der Waals surface area (Å²) in [5.41, 5.74) is -0.409. The summed E-state index contributed by atoms with van der Waals surface area (Å²) in [5, 5.41) is 11.2. The Hall–Kier alpha value is -3.21. The number of nitro benzene ring substituents is 1. The molecule has 0 unspecified atom stereocenters. The molecule has 2 aromatic carbocycles. The zero-order valence-electron chi connectivity index (χ0n) is 15.2. The van der Waals surface area contributed by atoms with Crippen LogP contribution in [-0.4, -0.2) is 40.1 Å². The highest BCUT2D eigenvalue weighted by Crippen LogP contribution is 2.33. The van der Waals surface area contributed by atoms with E-state index in [1.54, 1.807) is 0 Å². The van der Waals surface area contributed by atoms with Crippen LogP contribution in [0, 0.1) is 22.9 Å². The van der Waals surface area contributed by atoms with Gasteiger partial charge in [-0.1, -0.05) is 6.07 Å². The smallest absolute Gasteiger partial charge is 0.326 e.